The molecule has 1 aliphatic carbocycles. The lowest BCUT2D eigenvalue weighted by atomic mass is 9.85. The van der Waals surface area contributed by atoms with Gasteiger partial charge in [-0.25, -0.2) is 9.13 Å². The number of aliphatic hydroxyl groups is 6. The number of phosphoric acid groups is 2. The minimum Gasteiger partial charge on any atom is -0.462 e. The van der Waals surface area contributed by atoms with Gasteiger partial charge in [0.05, 0.1) is 18.8 Å². The van der Waals surface area contributed by atoms with Gasteiger partial charge in [0.15, 0.2) is 6.10 Å². The largest absolute Gasteiger partial charge is 0.472 e. The monoisotopic (exact) mass is 977 g/mol. The Morgan fingerprint density at radius 2 is 1.00 bits per heavy atom. The first kappa shape index (κ1) is 61.7. The molecule has 0 aromatic heterocycles. The van der Waals surface area contributed by atoms with Crippen molar-refractivity contribution in [3.63, 3.8) is 0 Å². The fourth-order valence-electron chi connectivity index (χ4n) is 7.58. The van der Waals surface area contributed by atoms with Crippen molar-refractivity contribution < 1.29 is 87.1 Å². The molecule has 1 saturated carbocycles. The average Bonchev–Trinajstić information content (AvgIpc) is 3.25. The van der Waals surface area contributed by atoms with E-state index in [9.17, 15) is 64.0 Å². The third-order valence-electron chi connectivity index (χ3n) is 11.5. The highest BCUT2D eigenvalue weighted by molar-refractivity contribution is 7.47. The van der Waals surface area contributed by atoms with Gasteiger partial charge in [0.2, 0.25) is 0 Å². The molecule has 0 amide bonds. The van der Waals surface area contributed by atoms with Gasteiger partial charge in [0.1, 0.15) is 43.2 Å². The number of carbonyl (C=O) groups excluding carboxylic acids is 2. The Bertz CT molecular complexity index is 1350. The van der Waals surface area contributed by atoms with Gasteiger partial charge in [-0.1, -0.05) is 154 Å². The van der Waals surface area contributed by atoms with Crippen molar-refractivity contribution >= 4 is 27.6 Å². The Morgan fingerprint density at radius 1 is 0.538 bits per heavy atom. The second-order valence-corrected chi connectivity index (χ2v) is 20.1. The second-order valence-electron chi connectivity index (χ2n) is 17.5. The number of ether oxygens (including phenoxy) is 2. The van der Waals surface area contributed by atoms with E-state index in [1.54, 1.807) is 0 Å². The van der Waals surface area contributed by atoms with E-state index in [0.717, 1.165) is 64.2 Å². The topological polar surface area (TPSA) is 296 Å². The smallest absolute Gasteiger partial charge is 0.462 e. The number of allylic oxidation sites excluding steroid dienone is 1. The van der Waals surface area contributed by atoms with Gasteiger partial charge < -0.3 is 54.8 Å². The molecule has 18 nitrogen and oxygen atoms in total. The molecule has 10 atom stereocenters. The van der Waals surface area contributed by atoms with Crippen molar-refractivity contribution in [2.45, 2.75) is 249 Å². The number of hydrogen-bond acceptors (Lipinski definition) is 15. The third-order valence-corrected chi connectivity index (χ3v) is 13.0. The number of carbonyl (C=O) groups is 2. The highest BCUT2D eigenvalue weighted by Gasteiger charge is 2.54. The molecule has 0 aromatic carbocycles. The SMILES string of the molecule is CCCCC/C=C\C[C@H](O)[C@@H](O)CCCCCCCC(=O)O[C@H](COC(=O)CCCCCCCCCCCCCCCCC)COP(=O)(O)O[C@H]1C(O)C(O)C(O)[C@@H](OP(=O)(O)O)C1O. The molecule has 0 saturated heterocycles. The van der Waals surface area contributed by atoms with Gasteiger partial charge in [-0.2, -0.15) is 0 Å². The normalized spacial score (nSPS) is 22.7. The zero-order chi connectivity index (χ0) is 48.5. The first-order valence-corrected chi connectivity index (χ1v) is 27.4. The summed E-state index contributed by atoms with van der Waals surface area (Å²) in [5.74, 6) is -1.31. The maximum absolute atomic E-state index is 13.0. The summed E-state index contributed by atoms with van der Waals surface area (Å²) in [4.78, 5) is 54.3. The van der Waals surface area contributed by atoms with Crippen molar-refractivity contribution in [1.29, 1.82) is 0 Å². The van der Waals surface area contributed by atoms with Gasteiger partial charge in [-0.05, 0) is 38.5 Å². The molecule has 65 heavy (non-hydrogen) atoms. The number of phosphoric ester groups is 2. The van der Waals surface area contributed by atoms with Crippen LogP contribution in [-0.4, -0.2) is 125 Å². The molecular weight excluding hydrogens is 890 g/mol. The summed E-state index contributed by atoms with van der Waals surface area (Å²) in [6.45, 7) is 2.93. The predicted octanol–water partition coefficient (Wildman–Crippen LogP) is 7.12. The molecule has 1 aliphatic rings. The highest BCUT2D eigenvalue weighted by Crippen LogP contribution is 2.49. The Balaban J connectivity index is 2.63. The van der Waals surface area contributed by atoms with Crippen LogP contribution in [-0.2, 0) is 41.8 Å². The van der Waals surface area contributed by atoms with Crippen LogP contribution >= 0.6 is 15.6 Å². The van der Waals surface area contributed by atoms with Crippen LogP contribution in [0.2, 0.25) is 0 Å². The number of hydrogen-bond donors (Lipinski definition) is 9. The molecule has 0 aromatic rings. The molecule has 1 fully saturated rings. The molecule has 0 radical (unpaired) electrons. The molecule has 0 aliphatic heterocycles. The third kappa shape index (κ3) is 30.7. The Kier molecular flexibility index (Phi) is 34.7. The van der Waals surface area contributed by atoms with Crippen LogP contribution < -0.4 is 0 Å². The van der Waals surface area contributed by atoms with E-state index in [2.05, 4.69) is 18.4 Å². The standard InChI is InChI=1S/C45H86O18P2/c1-3-5-7-9-11-12-13-14-15-16-17-18-19-23-27-31-38(48)59-33-35(34-60-65(57,58)63-45-42(52)40(50)41(51)44(43(45)53)62-64(54,55)56)61-39(49)32-28-24-20-22-26-30-37(47)36(46)29-25-21-10-8-6-4-2/h21,25,35-37,40-47,50-53H,3-20,22-24,26-34H2,1-2H3,(H,57,58)(H2,54,55,56)/b25-21-/t35-,36+,37+,40?,41?,42?,43?,44-,45+/m1/s1. The van der Waals surface area contributed by atoms with Crippen molar-refractivity contribution in [2.24, 2.45) is 0 Å². The van der Waals surface area contributed by atoms with Crippen molar-refractivity contribution in [3.05, 3.63) is 12.2 Å². The van der Waals surface area contributed by atoms with Gasteiger partial charge in [0, 0.05) is 12.8 Å². The lowest BCUT2D eigenvalue weighted by Gasteiger charge is -2.43. The van der Waals surface area contributed by atoms with Gasteiger partial charge in [-0.3, -0.25) is 23.2 Å². The van der Waals surface area contributed by atoms with Crippen molar-refractivity contribution in [1.82, 2.24) is 0 Å². The van der Waals surface area contributed by atoms with E-state index in [-0.39, 0.29) is 12.8 Å². The number of unbranched alkanes of at least 4 members (excludes halogenated alkanes) is 21. The van der Waals surface area contributed by atoms with Gasteiger partial charge in [-0.15, -0.1) is 0 Å². The van der Waals surface area contributed by atoms with Gasteiger partial charge >= 0.3 is 27.6 Å². The number of esters is 2. The van der Waals surface area contributed by atoms with E-state index in [0.29, 0.717) is 38.5 Å². The molecule has 384 valence electrons. The molecular formula is C45H86O18P2. The minimum atomic E-state index is -5.38. The molecule has 0 bridgehead atoms. The lowest BCUT2D eigenvalue weighted by molar-refractivity contribution is -0.216. The van der Waals surface area contributed by atoms with Crippen LogP contribution in [0.25, 0.3) is 0 Å². The highest BCUT2D eigenvalue weighted by atomic mass is 31.2. The van der Waals surface area contributed by atoms with E-state index >= 15 is 0 Å². The summed E-state index contributed by atoms with van der Waals surface area (Å²) < 4.78 is 49.3. The maximum atomic E-state index is 13.0. The molecule has 20 heteroatoms. The lowest BCUT2D eigenvalue weighted by Crippen LogP contribution is -2.64. The fraction of sp³-hybridized carbons (Fsp3) is 0.911. The molecule has 9 N–H and O–H groups in total. The van der Waals surface area contributed by atoms with Crippen LogP contribution in [0.4, 0.5) is 0 Å². The first-order chi connectivity index (χ1) is 30.9. The second kappa shape index (κ2) is 36.6. The summed E-state index contributed by atoms with van der Waals surface area (Å²) in [6.07, 6.45) is 13.2. The maximum Gasteiger partial charge on any atom is 0.472 e. The number of rotatable bonds is 41. The van der Waals surface area contributed by atoms with Crippen LogP contribution in [0.3, 0.4) is 0 Å². The van der Waals surface area contributed by atoms with E-state index < -0.39 is 95.7 Å². The van der Waals surface area contributed by atoms with Crippen LogP contribution in [0.1, 0.15) is 194 Å². The predicted molar refractivity (Wildman–Crippen MR) is 244 cm³/mol. The van der Waals surface area contributed by atoms with Crippen LogP contribution in [0.5, 0.6) is 0 Å². The Hall–Kier alpha value is -1.34. The molecule has 5 unspecified atom stereocenters. The molecule has 1 rings (SSSR count). The summed E-state index contributed by atoms with van der Waals surface area (Å²) in [5.41, 5.74) is 0. The summed E-state index contributed by atoms with van der Waals surface area (Å²) in [7, 11) is -10.7. The minimum absolute atomic E-state index is 0.0512. The fourth-order valence-corrected chi connectivity index (χ4v) is 9.12. The van der Waals surface area contributed by atoms with E-state index in [1.807, 2.05) is 12.2 Å². The Morgan fingerprint density at radius 3 is 1.52 bits per heavy atom. The molecule has 0 spiro atoms. The Labute approximate surface area is 387 Å². The summed E-state index contributed by atoms with van der Waals surface area (Å²) in [5, 5.41) is 61.8. The zero-order valence-corrected chi connectivity index (χ0v) is 40.9. The van der Waals surface area contributed by atoms with Crippen LogP contribution in [0.15, 0.2) is 12.2 Å². The first-order valence-electron chi connectivity index (χ1n) is 24.4. The summed E-state index contributed by atoms with van der Waals surface area (Å²) >= 11 is 0. The van der Waals surface area contributed by atoms with E-state index in [4.69, 9.17) is 18.5 Å². The van der Waals surface area contributed by atoms with Crippen molar-refractivity contribution in [2.75, 3.05) is 13.2 Å². The van der Waals surface area contributed by atoms with Gasteiger partial charge in [0.25, 0.3) is 0 Å². The average molecular weight is 977 g/mol. The zero-order valence-electron chi connectivity index (χ0n) is 39.2. The van der Waals surface area contributed by atoms with Crippen molar-refractivity contribution in [3.8, 4) is 0 Å². The van der Waals surface area contributed by atoms with E-state index in [1.165, 1.54) is 64.2 Å². The quantitative estimate of drug-likeness (QED) is 0.0127. The number of aliphatic hydroxyl groups excluding tert-OH is 6. The van der Waals surface area contributed by atoms with Crippen LogP contribution in [0, 0.1) is 0 Å². The summed E-state index contributed by atoms with van der Waals surface area (Å²) in [6, 6.07) is 0. The molecule has 0 heterocycles.